The van der Waals surface area contributed by atoms with E-state index in [1.54, 1.807) is 0 Å². The van der Waals surface area contributed by atoms with Crippen LogP contribution in [0.2, 0.25) is 0 Å². The second kappa shape index (κ2) is 2.13. The van der Waals surface area contributed by atoms with Crippen molar-refractivity contribution in [3.05, 3.63) is 0 Å². The monoisotopic (exact) mass is 115 g/mol. The molecule has 3 heteroatoms. The summed E-state index contributed by atoms with van der Waals surface area (Å²) in [6.45, 7) is 2.57. The fourth-order valence-electron chi connectivity index (χ4n) is 0.771. The molecule has 3 nitrogen and oxygen atoms in total. The average Bonchev–Trinajstić information content (AvgIpc) is 2.14. The van der Waals surface area contributed by atoms with Gasteiger partial charge in [-0.05, 0) is 6.92 Å². The van der Waals surface area contributed by atoms with E-state index in [-0.39, 0.29) is 6.10 Å². The van der Waals surface area contributed by atoms with E-state index in [0.717, 1.165) is 12.1 Å². The molecule has 0 radical (unpaired) electrons. The lowest BCUT2D eigenvalue weighted by atomic mass is 10.2. The first-order chi connectivity index (χ1) is 3.84. The van der Waals surface area contributed by atoms with E-state index in [2.05, 4.69) is 5.16 Å². The van der Waals surface area contributed by atoms with Gasteiger partial charge in [0.15, 0.2) is 0 Å². The van der Waals surface area contributed by atoms with Crippen molar-refractivity contribution in [3.8, 4) is 0 Å². The summed E-state index contributed by atoms with van der Waals surface area (Å²) >= 11 is 0. The van der Waals surface area contributed by atoms with Gasteiger partial charge < -0.3 is 9.94 Å². The van der Waals surface area contributed by atoms with Gasteiger partial charge in [-0.1, -0.05) is 5.16 Å². The van der Waals surface area contributed by atoms with Crippen LogP contribution in [0.3, 0.4) is 0 Å². The van der Waals surface area contributed by atoms with E-state index in [1.165, 1.54) is 0 Å². The van der Waals surface area contributed by atoms with Gasteiger partial charge in [-0.25, -0.2) is 0 Å². The molecule has 0 amide bonds. The van der Waals surface area contributed by atoms with Crippen molar-refractivity contribution in [3.63, 3.8) is 0 Å². The van der Waals surface area contributed by atoms with Crippen LogP contribution in [-0.4, -0.2) is 23.6 Å². The van der Waals surface area contributed by atoms with Gasteiger partial charge in [0, 0.05) is 6.42 Å². The smallest absolute Gasteiger partial charge is 0.0962 e. The third-order valence-corrected chi connectivity index (χ3v) is 1.32. The molecule has 1 atom stereocenters. The Balaban J connectivity index is 2.55. The standard InChI is InChI=1S/C5H9NO2/c1-4-5(6-7)2-3-8-4/h4,7H,2-3H2,1H3/b6-5+. The number of oxime groups is 1. The molecule has 1 rings (SSSR count). The van der Waals surface area contributed by atoms with Crippen molar-refractivity contribution in [1.29, 1.82) is 0 Å². The zero-order valence-electron chi connectivity index (χ0n) is 4.79. The molecule has 1 saturated heterocycles. The minimum Gasteiger partial charge on any atom is -0.411 e. The van der Waals surface area contributed by atoms with E-state index in [0.29, 0.717) is 6.61 Å². The minimum absolute atomic E-state index is 0.0278. The first kappa shape index (κ1) is 5.56. The lowest BCUT2D eigenvalue weighted by molar-refractivity contribution is 0.144. The topological polar surface area (TPSA) is 41.8 Å². The highest BCUT2D eigenvalue weighted by Gasteiger charge is 2.18. The van der Waals surface area contributed by atoms with Crippen LogP contribution < -0.4 is 0 Å². The molecule has 1 N–H and O–H groups in total. The van der Waals surface area contributed by atoms with Crippen molar-refractivity contribution in [2.24, 2.45) is 5.16 Å². The zero-order chi connectivity index (χ0) is 5.98. The van der Waals surface area contributed by atoms with Crippen molar-refractivity contribution in [2.75, 3.05) is 6.61 Å². The maximum Gasteiger partial charge on any atom is 0.0962 e. The molecular formula is C5H9NO2. The zero-order valence-corrected chi connectivity index (χ0v) is 4.79. The highest BCUT2D eigenvalue weighted by Crippen LogP contribution is 2.07. The summed E-state index contributed by atoms with van der Waals surface area (Å²) in [5, 5.41) is 11.3. The van der Waals surface area contributed by atoms with E-state index in [1.807, 2.05) is 6.92 Å². The molecule has 1 aliphatic rings. The summed E-state index contributed by atoms with van der Waals surface area (Å²) in [4.78, 5) is 0. The molecule has 1 unspecified atom stereocenters. The average molecular weight is 115 g/mol. The molecule has 8 heavy (non-hydrogen) atoms. The number of rotatable bonds is 0. The number of nitrogens with zero attached hydrogens (tertiary/aromatic N) is 1. The number of ether oxygens (including phenoxy) is 1. The summed E-state index contributed by atoms with van der Waals surface area (Å²) in [7, 11) is 0. The Morgan fingerprint density at radius 2 is 2.62 bits per heavy atom. The van der Waals surface area contributed by atoms with Crippen LogP contribution in [0.25, 0.3) is 0 Å². The molecule has 0 aromatic heterocycles. The molecule has 0 saturated carbocycles. The summed E-state index contributed by atoms with van der Waals surface area (Å²) in [5.74, 6) is 0. The van der Waals surface area contributed by atoms with Crippen molar-refractivity contribution in [1.82, 2.24) is 0 Å². The van der Waals surface area contributed by atoms with Crippen LogP contribution in [0.5, 0.6) is 0 Å². The number of hydrogen-bond donors (Lipinski definition) is 1. The molecule has 1 fully saturated rings. The predicted octanol–water partition coefficient (Wildman–Crippen LogP) is 0.625. The highest BCUT2D eigenvalue weighted by molar-refractivity contribution is 5.89. The molecule has 0 bridgehead atoms. The van der Waals surface area contributed by atoms with Crippen molar-refractivity contribution in [2.45, 2.75) is 19.4 Å². The highest BCUT2D eigenvalue weighted by atomic mass is 16.5. The number of hydrogen-bond acceptors (Lipinski definition) is 3. The van der Waals surface area contributed by atoms with Crippen LogP contribution in [-0.2, 0) is 4.74 Å². The lowest BCUT2D eigenvalue weighted by Crippen LogP contribution is -2.09. The largest absolute Gasteiger partial charge is 0.411 e. The Morgan fingerprint density at radius 1 is 1.88 bits per heavy atom. The van der Waals surface area contributed by atoms with Gasteiger partial charge >= 0.3 is 0 Å². The molecule has 0 aliphatic carbocycles. The van der Waals surface area contributed by atoms with E-state index in [4.69, 9.17) is 9.94 Å². The minimum atomic E-state index is 0.0278. The SMILES string of the molecule is CC1OCC/C1=N\O. The van der Waals surface area contributed by atoms with E-state index in [9.17, 15) is 0 Å². The molecule has 1 heterocycles. The van der Waals surface area contributed by atoms with Gasteiger partial charge in [0.05, 0.1) is 18.4 Å². The molecule has 46 valence electrons. The maximum absolute atomic E-state index is 8.24. The summed E-state index contributed by atoms with van der Waals surface area (Å²) < 4.78 is 5.07. The van der Waals surface area contributed by atoms with E-state index < -0.39 is 0 Å². The van der Waals surface area contributed by atoms with Crippen molar-refractivity contribution >= 4 is 5.71 Å². The first-order valence-electron chi connectivity index (χ1n) is 2.67. The molecule has 1 aliphatic heterocycles. The Kier molecular flexibility index (Phi) is 1.48. The fraction of sp³-hybridized carbons (Fsp3) is 0.800. The Morgan fingerprint density at radius 3 is 2.88 bits per heavy atom. The van der Waals surface area contributed by atoms with Gasteiger partial charge in [-0.3, -0.25) is 0 Å². The van der Waals surface area contributed by atoms with Crippen LogP contribution in [0.4, 0.5) is 0 Å². The third kappa shape index (κ3) is 0.816. The van der Waals surface area contributed by atoms with Crippen LogP contribution >= 0.6 is 0 Å². The van der Waals surface area contributed by atoms with Crippen LogP contribution in [0.15, 0.2) is 5.16 Å². The Labute approximate surface area is 48.0 Å². The van der Waals surface area contributed by atoms with Crippen LogP contribution in [0, 0.1) is 0 Å². The molecule has 0 spiro atoms. The van der Waals surface area contributed by atoms with Gasteiger partial charge in [-0.2, -0.15) is 0 Å². The van der Waals surface area contributed by atoms with Crippen molar-refractivity contribution < 1.29 is 9.94 Å². The Hall–Kier alpha value is -0.570. The predicted molar refractivity (Wildman–Crippen MR) is 29.3 cm³/mol. The summed E-state index contributed by atoms with van der Waals surface area (Å²) in [5.41, 5.74) is 0.755. The van der Waals surface area contributed by atoms with Gasteiger partial charge in [0.1, 0.15) is 0 Å². The molecule has 0 aromatic carbocycles. The quantitative estimate of drug-likeness (QED) is 0.371. The molecule has 0 aromatic rings. The van der Waals surface area contributed by atoms with Gasteiger partial charge in [-0.15, -0.1) is 0 Å². The van der Waals surface area contributed by atoms with Gasteiger partial charge in [0.25, 0.3) is 0 Å². The fourth-order valence-corrected chi connectivity index (χ4v) is 0.771. The summed E-state index contributed by atoms with van der Waals surface area (Å²) in [6, 6.07) is 0. The Bertz CT molecular complexity index is 111. The third-order valence-electron chi connectivity index (χ3n) is 1.32. The second-order valence-corrected chi connectivity index (χ2v) is 1.85. The van der Waals surface area contributed by atoms with E-state index >= 15 is 0 Å². The summed E-state index contributed by atoms with van der Waals surface area (Å²) in [6.07, 6.45) is 0.803. The van der Waals surface area contributed by atoms with Gasteiger partial charge in [0.2, 0.25) is 0 Å². The maximum atomic E-state index is 8.24. The normalized spacial score (nSPS) is 34.1. The second-order valence-electron chi connectivity index (χ2n) is 1.85. The van der Waals surface area contributed by atoms with Crippen LogP contribution in [0.1, 0.15) is 13.3 Å². The first-order valence-corrected chi connectivity index (χ1v) is 2.67. The molecular weight excluding hydrogens is 106 g/mol. The lowest BCUT2D eigenvalue weighted by Gasteiger charge is -1.97.